The minimum atomic E-state index is -1.00. The van der Waals surface area contributed by atoms with Crippen LogP contribution in [-0.2, 0) is 9.59 Å². The van der Waals surface area contributed by atoms with Crippen LogP contribution in [0.2, 0.25) is 0 Å². The lowest BCUT2D eigenvalue weighted by Gasteiger charge is -2.29. The number of carbonyl (C=O) groups is 2. The summed E-state index contributed by atoms with van der Waals surface area (Å²) in [5, 5.41) is 19.0. The molecule has 7 heteroatoms. The van der Waals surface area contributed by atoms with Gasteiger partial charge in [-0.1, -0.05) is 84.5 Å². The van der Waals surface area contributed by atoms with E-state index in [1.807, 2.05) is 0 Å². The van der Waals surface area contributed by atoms with Crippen molar-refractivity contribution in [2.24, 2.45) is 4.99 Å². The molecule has 0 radical (unpaired) electrons. The van der Waals surface area contributed by atoms with E-state index in [9.17, 15) is 14.7 Å². The van der Waals surface area contributed by atoms with Crippen LogP contribution in [0.15, 0.2) is 4.99 Å². The smallest absolute Gasteiger partial charge is 0.305 e. The normalized spacial score (nSPS) is 14.4. The van der Waals surface area contributed by atoms with Crippen molar-refractivity contribution in [3.63, 3.8) is 0 Å². The lowest BCUT2D eigenvalue weighted by molar-refractivity contribution is -0.864. The van der Waals surface area contributed by atoms with Crippen LogP contribution in [0.3, 0.4) is 0 Å². The Balaban J connectivity index is 0.00000116. The molecule has 1 unspecified atom stereocenters. The molecule has 0 aromatic rings. The zero-order valence-electron chi connectivity index (χ0n) is 22.8. The van der Waals surface area contributed by atoms with Crippen LogP contribution < -0.4 is 5.11 Å². The van der Waals surface area contributed by atoms with Crippen LogP contribution in [0.1, 0.15) is 110 Å². The average molecular weight is 484 g/mol. The Morgan fingerprint density at radius 3 is 1.82 bits per heavy atom. The topological polar surface area (TPSA) is 93.0 Å². The fourth-order valence-corrected chi connectivity index (χ4v) is 4.31. The van der Waals surface area contributed by atoms with Gasteiger partial charge in [-0.15, -0.1) is 0 Å². The quantitative estimate of drug-likeness (QED) is 0.216. The van der Waals surface area contributed by atoms with E-state index >= 15 is 0 Å². The van der Waals surface area contributed by atoms with Crippen LogP contribution >= 0.6 is 0 Å². The van der Waals surface area contributed by atoms with Crippen molar-refractivity contribution in [1.82, 2.24) is 4.90 Å². The second-order valence-corrected chi connectivity index (χ2v) is 10.6. The zero-order chi connectivity index (χ0) is 25.8. The highest BCUT2D eigenvalue weighted by atomic mass is 16.4. The second-order valence-electron chi connectivity index (χ2n) is 10.6. The first kappa shape index (κ1) is 32.4. The van der Waals surface area contributed by atoms with Gasteiger partial charge in [0, 0.05) is 19.0 Å². The van der Waals surface area contributed by atoms with Gasteiger partial charge < -0.3 is 24.4 Å². The summed E-state index contributed by atoms with van der Waals surface area (Å²) in [4.78, 5) is 27.8. The minimum absolute atomic E-state index is 0.0694. The summed E-state index contributed by atoms with van der Waals surface area (Å²) in [6, 6.07) is 0.117. The predicted octanol–water partition coefficient (Wildman–Crippen LogP) is 4.49. The van der Waals surface area contributed by atoms with Gasteiger partial charge in [-0.2, -0.15) is 0 Å². The number of unbranched alkanes of at least 4 members (excludes halogenated alkanes) is 11. The first-order chi connectivity index (χ1) is 16.1. The van der Waals surface area contributed by atoms with Crippen molar-refractivity contribution in [2.75, 3.05) is 40.8 Å². The number of aliphatic carboxylic acids is 2. The number of nitrogens with zero attached hydrogens (tertiary/aromatic N) is 3. The molecular formula is C27H53N3O4. The number of rotatable bonds is 19. The summed E-state index contributed by atoms with van der Waals surface area (Å²) in [6.07, 6.45) is 18.5. The largest absolute Gasteiger partial charge is 0.544 e. The molecule has 0 aliphatic carbocycles. The number of carboxylic acids is 2. The molecule has 200 valence electrons. The molecule has 0 saturated carbocycles. The molecule has 1 heterocycles. The number of carboxylic acid groups (broad SMARTS) is 2. The molecule has 34 heavy (non-hydrogen) atoms. The van der Waals surface area contributed by atoms with E-state index in [0.29, 0.717) is 4.48 Å². The van der Waals surface area contributed by atoms with E-state index in [2.05, 4.69) is 23.7 Å². The Morgan fingerprint density at radius 1 is 0.941 bits per heavy atom. The summed E-state index contributed by atoms with van der Waals surface area (Å²) >= 11 is 0. The van der Waals surface area contributed by atoms with Crippen molar-refractivity contribution in [3.8, 4) is 0 Å². The minimum Gasteiger partial charge on any atom is -0.544 e. The SMILES string of the molecule is CCCCCCCCCCCCCCC1=NCCN1C(CC)CC(=O)O.C[N+](C)(C)CC(=O)[O-]. The molecule has 0 spiro atoms. The number of amidine groups is 1. The molecule has 1 atom stereocenters. The molecule has 7 nitrogen and oxygen atoms in total. The summed E-state index contributed by atoms with van der Waals surface area (Å²) < 4.78 is 0.419. The van der Waals surface area contributed by atoms with Crippen LogP contribution in [0.4, 0.5) is 0 Å². The van der Waals surface area contributed by atoms with Crippen molar-refractivity contribution in [3.05, 3.63) is 0 Å². The lowest BCUT2D eigenvalue weighted by atomic mass is 10.0. The molecule has 0 amide bonds. The van der Waals surface area contributed by atoms with E-state index in [1.54, 1.807) is 21.1 Å². The summed E-state index contributed by atoms with van der Waals surface area (Å²) in [5.41, 5.74) is 0. The van der Waals surface area contributed by atoms with Gasteiger partial charge in [-0.3, -0.25) is 9.79 Å². The molecule has 0 bridgehead atoms. The van der Waals surface area contributed by atoms with Crippen molar-refractivity contribution in [1.29, 1.82) is 0 Å². The summed E-state index contributed by atoms with van der Waals surface area (Å²) in [7, 11) is 5.40. The molecule has 0 fully saturated rings. The monoisotopic (exact) mass is 483 g/mol. The first-order valence-corrected chi connectivity index (χ1v) is 13.6. The molecule has 1 aliphatic rings. The highest BCUT2D eigenvalue weighted by Crippen LogP contribution is 2.18. The highest BCUT2D eigenvalue weighted by molar-refractivity contribution is 5.84. The van der Waals surface area contributed by atoms with E-state index in [-0.39, 0.29) is 19.0 Å². The van der Waals surface area contributed by atoms with Gasteiger partial charge in [0.2, 0.25) is 0 Å². The standard InChI is InChI=1S/C22H42N2O2.C5H11NO2/c1-3-5-6-7-8-9-10-11-12-13-14-15-16-21-23-17-18-24(21)20(4-2)19-22(25)26;1-6(2,3)4-5(7)8/h20H,3-19H2,1-2H3,(H,25,26);4H2,1-3H3. The van der Waals surface area contributed by atoms with E-state index in [0.717, 1.165) is 31.8 Å². The van der Waals surface area contributed by atoms with Gasteiger partial charge in [0.05, 0.1) is 45.9 Å². The molecule has 1 aliphatic heterocycles. The van der Waals surface area contributed by atoms with Gasteiger partial charge in [0.25, 0.3) is 0 Å². The number of quaternary nitrogens is 1. The Kier molecular flexibility index (Phi) is 18.7. The van der Waals surface area contributed by atoms with Crippen molar-refractivity contribution < 1.29 is 24.3 Å². The second kappa shape index (κ2) is 19.7. The van der Waals surface area contributed by atoms with Crippen molar-refractivity contribution in [2.45, 2.75) is 116 Å². The van der Waals surface area contributed by atoms with Gasteiger partial charge in [0.15, 0.2) is 0 Å². The van der Waals surface area contributed by atoms with Crippen LogP contribution in [-0.4, -0.2) is 79.1 Å². The summed E-state index contributed by atoms with van der Waals surface area (Å²) in [5.74, 6) is -0.545. The number of carbonyl (C=O) groups excluding carboxylic acids is 1. The molecule has 0 saturated heterocycles. The predicted molar refractivity (Wildman–Crippen MR) is 139 cm³/mol. The molecule has 0 aromatic heterocycles. The maximum Gasteiger partial charge on any atom is 0.305 e. The van der Waals surface area contributed by atoms with Gasteiger partial charge in [-0.05, 0) is 12.8 Å². The van der Waals surface area contributed by atoms with Crippen LogP contribution in [0, 0.1) is 0 Å². The Labute approximate surface area is 209 Å². The highest BCUT2D eigenvalue weighted by Gasteiger charge is 2.25. The third-order valence-electron chi connectivity index (χ3n) is 6.15. The van der Waals surface area contributed by atoms with E-state index in [1.165, 1.54) is 77.0 Å². The molecule has 1 rings (SSSR count). The Hall–Kier alpha value is -1.63. The average Bonchev–Trinajstić information content (AvgIpc) is 3.19. The van der Waals surface area contributed by atoms with E-state index in [4.69, 9.17) is 5.11 Å². The number of hydrogen-bond acceptors (Lipinski definition) is 5. The number of aliphatic imine (C=N–C) groups is 1. The van der Waals surface area contributed by atoms with Gasteiger partial charge in [-0.25, -0.2) is 0 Å². The fraction of sp³-hybridized carbons (Fsp3) is 0.889. The maximum absolute atomic E-state index is 11.0. The van der Waals surface area contributed by atoms with Gasteiger partial charge >= 0.3 is 5.97 Å². The third-order valence-corrected chi connectivity index (χ3v) is 6.15. The number of likely N-dealkylation sites (N-methyl/N-ethyl adjacent to an activating group) is 1. The fourth-order valence-electron chi connectivity index (χ4n) is 4.31. The lowest BCUT2D eigenvalue weighted by Crippen LogP contribution is -2.45. The van der Waals surface area contributed by atoms with E-state index < -0.39 is 11.9 Å². The third kappa shape index (κ3) is 18.8. The Morgan fingerprint density at radius 2 is 1.44 bits per heavy atom. The zero-order valence-corrected chi connectivity index (χ0v) is 22.8. The first-order valence-electron chi connectivity index (χ1n) is 13.6. The van der Waals surface area contributed by atoms with Crippen LogP contribution in [0.5, 0.6) is 0 Å². The summed E-state index contributed by atoms with van der Waals surface area (Å²) in [6.45, 7) is 6.16. The van der Waals surface area contributed by atoms with Crippen LogP contribution in [0.25, 0.3) is 0 Å². The maximum atomic E-state index is 11.0. The Bertz CT molecular complexity index is 573. The number of hydrogen-bond donors (Lipinski definition) is 1. The molecular weight excluding hydrogens is 430 g/mol. The molecule has 0 aromatic carbocycles. The van der Waals surface area contributed by atoms with Crippen molar-refractivity contribution >= 4 is 17.8 Å². The molecule has 1 N–H and O–H groups in total. The van der Waals surface area contributed by atoms with Gasteiger partial charge in [0.1, 0.15) is 6.54 Å².